The predicted molar refractivity (Wildman–Crippen MR) is 75.0 cm³/mol. The Balaban J connectivity index is 2.01. The number of carbonyl (C=O) groups is 1. The van der Waals surface area contributed by atoms with Gasteiger partial charge in [0.2, 0.25) is 0 Å². The first-order chi connectivity index (χ1) is 8.27. The molecule has 0 aliphatic carbocycles. The summed E-state index contributed by atoms with van der Waals surface area (Å²) in [5.41, 5.74) is 3.95. The standard InChI is InChI=1S/C12H10IN3O/c13-11-6-2-1-5-10(11)12(17)16-15-8-9-4-3-7-14-9/h1-8,14H,(H,16,17)/b15-8+. The molecule has 0 bridgehead atoms. The van der Waals surface area contributed by atoms with Gasteiger partial charge in [0.1, 0.15) is 0 Å². The quantitative estimate of drug-likeness (QED) is 0.504. The number of carbonyl (C=O) groups excluding carboxylic acids is 1. The highest BCUT2D eigenvalue weighted by atomic mass is 127. The molecule has 0 unspecified atom stereocenters. The molecule has 0 saturated carbocycles. The molecule has 1 amide bonds. The minimum atomic E-state index is -0.210. The molecule has 5 heteroatoms. The summed E-state index contributed by atoms with van der Waals surface area (Å²) in [6.07, 6.45) is 3.36. The topological polar surface area (TPSA) is 57.2 Å². The zero-order valence-electron chi connectivity index (χ0n) is 8.85. The van der Waals surface area contributed by atoms with Gasteiger partial charge in [0.05, 0.1) is 17.5 Å². The third-order valence-corrected chi connectivity index (χ3v) is 3.05. The van der Waals surface area contributed by atoms with E-state index in [9.17, 15) is 4.79 Å². The van der Waals surface area contributed by atoms with Gasteiger partial charge in [0, 0.05) is 9.77 Å². The summed E-state index contributed by atoms with van der Waals surface area (Å²) in [4.78, 5) is 14.7. The van der Waals surface area contributed by atoms with E-state index in [1.165, 1.54) is 0 Å². The minimum Gasteiger partial charge on any atom is -0.360 e. The Labute approximate surface area is 112 Å². The summed E-state index contributed by atoms with van der Waals surface area (Å²) in [5, 5.41) is 3.87. The van der Waals surface area contributed by atoms with Crippen LogP contribution >= 0.6 is 22.6 Å². The van der Waals surface area contributed by atoms with Crippen LogP contribution in [0.3, 0.4) is 0 Å². The number of hydrogen-bond donors (Lipinski definition) is 2. The van der Waals surface area contributed by atoms with Gasteiger partial charge in [-0.2, -0.15) is 5.10 Å². The van der Waals surface area contributed by atoms with Crippen LogP contribution in [0.4, 0.5) is 0 Å². The molecule has 17 heavy (non-hydrogen) atoms. The molecule has 4 nitrogen and oxygen atoms in total. The molecule has 2 aromatic rings. The first kappa shape index (κ1) is 11.8. The largest absolute Gasteiger partial charge is 0.360 e. The number of hydrogen-bond acceptors (Lipinski definition) is 2. The Hall–Kier alpha value is -1.63. The maximum Gasteiger partial charge on any atom is 0.272 e. The Kier molecular flexibility index (Phi) is 3.92. The average Bonchev–Trinajstić information content (AvgIpc) is 2.82. The van der Waals surface area contributed by atoms with E-state index >= 15 is 0 Å². The number of H-pyrrole nitrogens is 1. The lowest BCUT2D eigenvalue weighted by molar-refractivity contribution is 0.0954. The number of nitrogens with one attached hydrogen (secondary N) is 2. The van der Waals surface area contributed by atoms with Crippen LogP contribution in [0.1, 0.15) is 16.1 Å². The average molecular weight is 339 g/mol. The fourth-order valence-corrected chi connectivity index (χ4v) is 1.92. The van der Waals surface area contributed by atoms with Gasteiger partial charge < -0.3 is 4.98 Å². The van der Waals surface area contributed by atoms with Crippen molar-refractivity contribution in [2.24, 2.45) is 5.10 Å². The van der Waals surface area contributed by atoms with Gasteiger partial charge >= 0.3 is 0 Å². The van der Waals surface area contributed by atoms with Crippen LogP contribution in [0.15, 0.2) is 47.7 Å². The van der Waals surface area contributed by atoms with Crippen molar-refractivity contribution in [3.63, 3.8) is 0 Å². The molecule has 0 fully saturated rings. The van der Waals surface area contributed by atoms with Crippen molar-refractivity contribution >= 4 is 34.7 Å². The first-order valence-corrected chi connectivity index (χ1v) is 6.06. The van der Waals surface area contributed by atoms with Gasteiger partial charge in [-0.05, 0) is 46.9 Å². The maximum absolute atomic E-state index is 11.8. The summed E-state index contributed by atoms with van der Waals surface area (Å²) in [7, 11) is 0. The molecule has 0 aliphatic rings. The SMILES string of the molecule is O=C(N/N=C/c1ccc[nH]1)c1ccccc1I. The van der Waals surface area contributed by atoms with Gasteiger partial charge in [-0.1, -0.05) is 12.1 Å². The Morgan fingerprint density at radius 3 is 2.82 bits per heavy atom. The van der Waals surface area contributed by atoms with Crippen LogP contribution in [0, 0.1) is 3.57 Å². The molecule has 1 aromatic heterocycles. The molecule has 2 N–H and O–H groups in total. The predicted octanol–water partition coefficient (Wildman–Crippen LogP) is 2.38. The van der Waals surface area contributed by atoms with Crippen molar-refractivity contribution < 1.29 is 4.79 Å². The van der Waals surface area contributed by atoms with Crippen LogP contribution in [0.5, 0.6) is 0 Å². The van der Waals surface area contributed by atoms with Crippen molar-refractivity contribution in [2.75, 3.05) is 0 Å². The highest BCUT2D eigenvalue weighted by Crippen LogP contribution is 2.10. The monoisotopic (exact) mass is 339 g/mol. The first-order valence-electron chi connectivity index (χ1n) is 4.98. The number of benzene rings is 1. The lowest BCUT2D eigenvalue weighted by Crippen LogP contribution is -2.18. The Morgan fingerprint density at radius 1 is 1.29 bits per heavy atom. The second kappa shape index (κ2) is 5.62. The van der Waals surface area contributed by atoms with Gasteiger partial charge in [-0.25, -0.2) is 5.43 Å². The van der Waals surface area contributed by atoms with Gasteiger partial charge in [-0.3, -0.25) is 4.79 Å². The number of rotatable bonds is 3. The number of halogens is 1. The fourth-order valence-electron chi connectivity index (χ4n) is 1.29. The highest BCUT2D eigenvalue weighted by Gasteiger charge is 2.07. The van der Waals surface area contributed by atoms with Crippen molar-refractivity contribution in [1.29, 1.82) is 0 Å². The van der Waals surface area contributed by atoms with E-state index in [0.29, 0.717) is 5.56 Å². The maximum atomic E-state index is 11.8. The molecule has 0 radical (unpaired) electrons. The smallest absolute Gasteiger partial charge is 0.272 e. The molecule has 1 heterocycles. The van der Waals surface area contributed by atoms with E-state index in [1.54, 1.807) is 18.5 Å². The summed E-state index contributed by atoms with van der Waals surface area (Å²) in [5.74, 6) is -0.210. The molecular weight excluding hydrogens is 329 g/mol. The molecule has 0 aliphatic heterocycles. The lowest BCUT2D eigenvalue weighted by atomic mass is 10.2. The van der Waals surface area contributed by atoms with Gasteiger partial charge in [-0.15, -0.1) is 0 Å². The summed E-state index contributed by atoms with van der Waals surface area (Å²) < 4.78 is 0.901. The summed E-state index contributed by atoms with van der Waals surface area (Å²) in [6, 6.07) is 11.1. The van der Waals surface area contributed by atoms with Crippen LogP contribution in [0.25, 0.3) is 0 Å². The van der Waals surface area contributed by atoms with E-state index in [0.717, 1.165) is 9.26 Å². The molecule has 1 aromatic carbocycles. The van der Waals surface area contributed by atoms with Crippen molar-refractivity contribution in [3.8, 4) is 0 Å². The molecule has 0 spiro atoms. The summed E-state index contributed by atoms with van der Waals surface area (Å²) in [6.45, 7) is 0. The third-order valence-electron chi connectivity index (χ3n) is 2.11. The zero-order valence-corrected chi connectivity index (χ0v) is 11.0. The number of amides is 1. The van der Waals surface area contributed by atoms with E-state index in [1.807, 2.05) is 30.3 Å². The Bertz CT molecular complexity index is 534. The molecule has 0 atom stereocenters. The van der Waals surface area contributed by atoms with Gasteiger partial charge in [0.25, 0.3) is 5.91 Å². The van der Waals surface area contributed by atoms with E-state index in [2.05, 4.69) is 38.1 Å². The van der Waals surface area contributed by atoms with Gasteiger partial charge in [0.15, 0.2) is 0 Å². The highest BCUT2D eigenvalue weighted by molar-refractivity contribution is 14.1. The third kappa shape index (κ3) is 3.16. The second-order valence-electron chi connectivity index (χ2n) is 3.30. The number of aromatic nitrogens is 1. The molecule has 2 rings (SSSR count). The van der Waals surface area contributed by atoms with E-state index < -0.39 is 0 Å². The molecule has 0 saturated heterocycles. The second-order valence-corrected chi connectivity index (χ2v) is 4.47. The number of aromatic amines is 1. The Morgan fingerprint density at radius 2 is 2.12 bits per heavy atom. The number of nitrogens with zero attached hydrogens (tertiary/aromatic N) is 1. The van der Waals surface area contributed by atoms with Crippen LogP contribution in [0.2, 0.25) is 0 Å². The number of hydrazone groups is 1. The molecular formula is C12H10IN3O. The van der Waals surface area contributed by atoms with Crippen molar-refractivity contribution in [1.82, 2.24) is 10.4 Å². The van der Waals surface area contributed by atoms with Crippen LogP contribution in [-0.2, 0) is 0 Å². The van der Waals surface area contributed by atoms with Crippen molar-refractivity contribution in [2.45, 2.75) is 0 Å². The fraction of sp³-hybridized carbons (Fsp3) is 0. The normalized spacial score (nSPS) is 10.6. The minimum absolute atomic E-state index is 0.210. The van der Waals surface area contributed by atoms with E-state index in [4.69, 9.17) is 0 Å². The lowest BCUT2D eigenvalue weighted by Gasteiger charge is -2.01. The van der Waals surface area contributed by atoms with Crippen LogP contribution < -0.4 is 5.43 Å². The summed E-state index contributed by atoms with van der Waals surface area (Å²) >= 11 is 2.12. The van der Waals surface area contributed by atoms with Crippen molar-refractivity contribution in [3.05, 3.63) is 57.4 Å². The van der Waals surface area contributed by atoms with E-state index in [-0.39, 0.29) is 5.91 Å². The van der Waals surface area contributed by atoms with Crippen LogP contribution in [-0.4, -0.2) is 17.1 Å². The zero-order chi connectivity index (χ0) is 12.1. The molecule has 86 valence electrons.